The molecule has 11 heteroatoms. The topological polar surface area (TPSA) is 99.9 Å². The third-order valence-corrected chi connectivity index (χ3v) is 7.66. The van der Waals surface area contributed by atoms with Crippen molar-refractivity contribution in [2.45, 2.75) is 18.7 Å². The first kappa shape index (κ1) is 22.4. The Labute approximate surface area is 184 Å². The number of rotatable bonds is 7. The van der Waals surface area contributed by atoms with Crippen LogP contribution in [-0.4, -0.2) is 61.9 Å². The summed E-state index contributed by atoms with van der Waals surface area (Å²) in [7, 11) is -3.76. The van der Waals surface area contributed by atoms with E-state index in [4.69, 9.17) is 0 Å². The Morgan fingerprint density at radius 2 is 1.73 bits per heavy atom. The number of halogens is 1. The highest BCUT2D eigenvalue weighted by atomic mass is 79.9. The van der Waals surface area contributed by atoms with E-state index in [1.54, 1.807) is 26.1 Å². The van der Waals surface area contributed by atoms with Crippen LogP contribution in [0.2, 0.25) is 0 Å². The Kier molecular flexibility index (Phi) is 6.94. The summed E-state index contributed by atoms with van der Waals surface area (Å²) in [5, 5.41) is 11.7. The normalized spacial score (nSPS) is 14.9. The molecule has 1 fully saturated rings. The average Bonchev–Trinajstić information content (AvgIpc) is 2.74. The minimum Gasteiger partial charge on any atom is -0.362 e. The third kappa shape index (κ3) is 4.57. The van der Waals surface area contributed by atoms with Crippen molar-refractivity contribution in [3.63, 3.8) is 0 Å². The lowest BCUT2D eigenvalue weighted by Crippen LogP contribution is -2.47. The van der Waals surface area contributed by atoms with Crippen LogP contribution in [0.5, 0.6) is 0 Å². The number of anilines is 2. The van der Waals surface area contributed by atoms with E-state index in [1.165, 1.54) is 16.4 Å². The van der Waals surface area contributed by atoms with Crippen molar-refractivity contribution < 1.29 is 13.3 Å². The van der Waals surface area contributed by atoms with Crippen LogP contribution in [0.25, 0.3) is 0 Å². The minimum absolute atomic E-state index is 0.0562. The average molecular weight is 498 g/mol. The van der Waals surface area contributed by atoms with Crippen LogP contribution >= 0.6 is 15.9 Å². The maximum absolute atomic E-state index is 12.8. The van der Waals surface area contributed by atoms with Crippen LogP contribution in [0.1, 0.15) is 13.8 Å². The standard InChI is InChI=1S/C19H24BrN5O4S/c1-3-24(4-2)30(28,29)16-6-7-17(18(13-16)25(26)27)22-9-11-23(12-10-22)19-8-5-15(20)14-21-19/h5-8,13-14H,3-4,9-12H2,1-2H3. The highest BCUT2D eigenvalue weighted by Gasteiger charge is 2.29. The zero-order valence-electron chi connectivity index (χ0n) is 16.9. The first-order chi connectivity index (χ1) is 14.3. The van der Waals surface area contributed by atoms with Gasteiger partial charge in [0.2, 0.25) is 10.0 Å². The predicted molar refractivity (Wildman–Crippen MR) is 120 cm³/mol. The molecule has 1 aromatic carbocycles. The molecule has 0 aliphatic carbocycles. The Morgan fingerprint density at radius 3 is 2.27 bits per heavy atom. The maximum Gasteiger partial charge on any atom is 0.293 e. The molecule has 0 saturated carbocycles. The second-order valence-corrected chi connectivity index (χ2v) is 9.66. The number of nitro benzene ring substituents is 1. The monoisotopic (exact) mass is 497 g/mol. The molecule has 1 aromatic heterocycles. The molecule has 1 saturated heterocycles. The number of nitrogens with zero attached hydrogens (tertiary/aromatic N) is 5. The molecule has 0 N–H and O–H groups in total. The molecule has 9 nitrogen and oxygen atoms in total. The van der Waals surface area contributed by atoms with Crippen molar-refractivity contribution in [2.75, 3.05) is 49.1 Å². The summed E-state index contributed by atoms with van der Waals surface area (Å²) in [5.41, 5.74) is 0.236. The number of nitro groups is 1. The van der Waals surface area contributed by atoms with Crippen LogP contribution in [0, 0.1) is 10.1 Å². The molecule has 0 bridgehead atoms. The zero-order chi connectivity index (χ0) is 21.9. The lowest BCUT2D eigenvalue weighted by atomic mass is 10.2. The van der Waals surface area contributed by atoms with Gasteiger partial charge in [0.1, 0.15) is 11.5 Å². The molecule has 162 valence electrons. The fourth-order valence-corrected chi connectivity index (χ4v) is 5.23. The van der Waals surface area contributed by atoms with Crippen molar-refractivity contribution in [1.29, 1.82) is 0 Å². The minimum atomic E-state index is -3.76. The van der Waals surface area contributed by atoms with Crippen molar-refractivity contribution in [2.24, 2.45) is 0 Å². The number of sulfonamides is 1. The lowest BCUT2D eigenvalue weighted by molar-refractivity contribution is -0.384. The fourth-order valence-electron chi connectivity index (χ4n) is 3.52. The van der Waals surface area contributed by atoms with Gasteiger partial charge in [0.05, 0.1) is 9.82 Å². The summed E-state index contributed by atoms with van der Waals surface area (Å²) in [4.78, 5) is 19.6. The van der Waals surface area contributed by atoms with Crippen molar-refractivity contribution in [1.82, 2.24) is 9.29 Å². The van der Waals surface area contributed by atoms with Gasteiger partial charge < -0.3 is 9.80 Å². The first-order valence-corrected chi connectivity index (χ1v) is 11.9. The Balaban J connectivity index is 1.83. The molecule has 2 aromatic rings. The van der Waals surface area contributed by atoms with E-state index in [9.17, 15) is 18.5 Å². The van der Waals surface area contributed by atoms with Gasteiger partial charge in [0, 0.05) is 56.0 Å². The van der Waals surface area contributed by atoms with Crippen molar-refractivity contribution >= 4 is 43.1 Å². The van der Waals surface area contributed by atoms with E-state index in [0.717, 1.165) is 10.3 Å². The molecule has 1 aliphatic rings. The van der Waals surface area contributed by atoms with Crippen LogP contribution in [-0.2, 0) is 10.0 Å². The second kappa shape index (κ2) is 9.27. The fraction of sp³-hybridized carbons (Fsp3) is 0.421. The van der Waals surface area contributed by atoms with Gasteiger partial charge in [0.25, 0.3) is 5.69 Å². The smallest absolute Gasteiger partial charge is 0.293 e. The molecule has 0 spiro atoms. The summed E-state index contributed by atoms with van der Waals surface area (Å²) in [6.07, 6.45) is 1.74. The van der Waals surface area contributed by atoms with Gasteiger partial charge in [0.15, 0.2) is 0 Å². The van der Waals surface area contributed by atoms with E-state index in [2.05, 4.69) is 25.8 Å². The third-order valence-electron chi connectivity index (χ3n) is 5.14. The zero-order valence-corrected chi connectivity index (χ0v) is 19.3. The SMILES string of the molecule is CCN(CC)S(=O)(=O)c1ccc(N2CCN(c3ccc(Br)cn3)CC2)c([N+](=O)[O-])c1. The number of aromatic nitrogens is 1. The molecular formula is C19H24BrN5O4S. The summed E-state index contributed by atoms with van der Waals surface area (Å²) in [6.45, 7) is 6.55. The number of pyridine rings is 1. The molecule has 0 amide bonds. The largest absolute Gasteiger partial charge is 0.362 e. The van der Waals surface area contributed by atoms with Gasteiger partial charge in [-0.1, -0.05) is 13.8 Å². The molecule has 0 atom stereocenters. The van der Waals surface area contributed by atoms with E-state index in [0.29, 0.717) is 45.0 Å². The predicted octanol–water partition coefficient (Wildman–Crippen LogP) is 3.11. The van der Waals surface area contributed by atoms with E-state index >= 15 is 0 Å². The number of piperazine rings is 1. The van der Waals surface area contributed by atoms with E-state index in [-0.39, 0.29) is 10.6 Å². The summed E-state index contributed by atoms with van der Waals surface area (Å²) < 4.78 is 27.7. The van der Waals surface area contributed by atoms with Gasteiger partial charge in [-0.25, -0.2) is 13.4 Å². The number of hydrogen-bond donors (Lipinski definition) is 0. The van der Waals surface area contributed by atoms with Gasteiger partial charge in [-0.2, -0.15) is 4.31 Å². The Hall–Kier alpha value is -2.24. The van der Waals surface area contributed by atoms with Crippen molar-refractivity contribution in [3.05, 3.63) is 51.1 Å². The van der Waals surface area contributed by atoms with Gasteiger partial charge in [-0.3, -0.25) is 10.1 Å². The molecule has 3 rings (SSSR count). The first-order valence-electron chi connectivity index (χ1n) is 9.68. The van der Waals surface area contributed by atoms with Crippen LogP contribution in [0.4, 0.5) is 17.2 Å². The molecule has 30 heavy (non-hydrogen) atoms. The Morgan fingerprint density at radius 1 is 1.10 bits per heavy atom. The molecule has 0 radical (unpaired) electrons. The van der Waals surface area contributed by atoms with Gasteiger partial charge in [-0.15, -0.1) is 0 Å². The van der Waals surface area contributed by atoms with Crippen molar-refractivity contribution in [3.8, 4) is 0 Å². The number of benzene rings is 1. The maximum atomic E-state index is 12.8. The highest BCUT2D eigenvalue weighted by molar-refractivity contribution is 9.10. The van der Waals surface area contributed by atoms with Gasteiger partial charge >= 0.3 is 0 Å². The summed E-state index contributed by atoms with van der Waals surface area (Å²) >= 11 is 3.37. The van der Waals surface area contributed by atoms with Crippen LogP contribution in [0.15, 0.2) is 45.9 Å². The van der Waals surface area contributed by atoms with E-state index in [1.807, 2.05) is 17.0 Å². The molecule has 1 aliphatic heterocycles. The second-order valence-electron chi connectivity index (χ2n) is 6.81. The highest BCUT2D eigenvalue weighted by Crippen LogP contribution is 2.33. The lowest BCUT2D eigenvalue weighted by Gasteiger charge is -2.36. The molecule has 2 heterocycles. The van der Waals surface area contributed by atoms with Crippen LogP contribution < -0.4 is 9.80 Å². The van der Waals surface area contributed by atoms with Crippen LogP contribution in [0.3, 0.4) is 0 Å². The van der Waals surface area contributed by atoms with Gasteiger partial charge in [-0.05, 0) is 40.2 Å². The summed E-state index contributed by atoms with van der Waals surface area (Å²) in [5.74, 6) is 0.855. The summed E-state index contributed by atoms with van der Waals surface area (Å²) in [6, 6.07) is 8.02. The molecular weight excluding hydrogens is 474 g/mol. The molecule has 0 unspecified atom stereocenters. The Bertz CT molecular complexity index is 1000. The number of hydrogen-bond acceptors (Lipinski definition) is 7. The van der Waals surface area contributed by atoms with E-state index < -0.39 is 14.9 Å². The quantitative estimate of drug-likeness (QED) is 0.427.